The van der Waals surface area contributed by atoms with E-state index < -0.39 is 0 Å². The molecule has 4 nitrogen and oxygen atoms in total. The Morgan fingerprint density at radius 3 is 2.88 bits per heavy atom. The second-order valence-corrected chi connectivity index (χ2v) is 5.00. The molecule has 0 aromatic carbocycles. The zero-order valence-electron chi connectivity index (χ0n) is 9.78. The van der Waals surface area contributed by atoms with Gasteiger partial charge in [-0.05, 0) is 32.1 Å². The second kappa shape index (κ2) is 5.64. The average molecular weight is 226 g/mol. The van der Waals surface area contributed by atoms with Gasteiger partial charge in [0, 0.05) is 25.1 Å². The molecule has 3 unspecified atom stereocenters. The van der Waals surface area contributed by atoms with Crippen LogP contribution in [0.15, 0.2) is 0 Å². The molecule has 2 aliphatic rings. The Balaban J connectivity index is 1.70. The van der Waals surface area contributed by atoms with Crippen molar-refractivity contribution >= 4 is 5.91 Å². The molecule has 0 bridgehead atoms. The van der Waals surface area contributed by atoms with E-state index in [-0.39, 0.29) is 24.0 Å². The Hall–Kier alpha value is -0.610. The van der Waals surface area contributed by atoms with Gasteiger partial charge in [0.1, 0.15) is 0 Å². The molecule has 2 rings (SSSR count). The summed E-state index contributed by atoms with van der Waals surface area (Å²) in [5, 5.41) is 3.00. The van der Waals surface area contributed by atoms with Crippen LogP contribution in [0.5, 0.6) is 0 Å². The summed E-state index contributed by atoms with van der Waals surface area (Å²) < 4.78 is 5.47. The lowest BCUT2D eigenvalue weighted by atomic mass is 9.85. The van der Waals surface area contributed by atoms with Crippen LogP contribution in [-0.2, 0) is 9.53 Å². The van der Waals surface area contributed by atoms with E-state index in [1.807, 2.05) is 0 Å². The van der Waals surface area contributed by atoms with Gasteiger partial charge in [0.05, 0.1) is 6.10 Å². The summed E-state index contributed by atoms with van der Waals surface area (Å²) in [6, 6.07) is 0.215. The quantitative estimate of drug-likeness (QED) is 0.748. The number of carbonyl (C=O) groups excluding carboxylic acids is 1. The third-order valence-corrected chi connectivity index (χ3v) is 3.61. The van der Waals surface area contributed by atoms with Crippen molar-refractivity contribution in [3.05, 3.63) is 0 Å². The summed E-state index contributed by atoms with van der Waals surface area (Å²) in [4.78, 5) is 11.9. The van der Waals surface area contributed by atoms with Crippen LogP contribution in [0.4, 0.5) is 0 Å². The van der Waals surface area contributed by atoms with Crippen molar-refractivity contribution in [3.8, 4) is 0 Å². The first-order valence-electron chi connectivity index (χ1n) is 6.40. The number of rotatable bonds is 3. The molecule has 16 heavy (non-hydrogen) atoms. The molecular weight excluding hydrogens is 204 g/mol. The van der Waals surface area contributed by atoms with Crippen LogP contribution in [0, 0.1) is 5.92 Å². The molecule has 1 aliphatic carbocycles. The van der Waals surface area contributed by atoms with Crippen molar-refractivity contribution in [1.29, 1.82) is 0 Å². The monoisotopic (exact) mass is 226 g/mol. The van der Waals surface area contributed by atoms with Gasteiger partial charge in [0.2, 0.25) is 5.91 Å². The number of hydrogen-bond acceptors (Lipinski definition) is 3. The standard InChI is InChI=1S/C12H22N2O2/c13-10-4-1-3-9(7-10)12(15)14-8-11-5-2-6-16-11/h9-11H,1-8,13H2,(H,14,15). The number of ether oxygens (including phenoxy) is 1. The summed E-state index contributed by atoms with van der Waals surface area (Å²) in [6.45, 7) is 1.51. The van der Waals surface area contributed by atoms with E-state index in [0.29, 0.717) is 6.54 Å². The molecule has 1 aliphatic heterocycles. The Morgan fingerprint density at radius 2 is 2.19 bits per heavy atom. The molecule has 0 aromatic heterocycles. The van der Waals surface area contributed by atoms with Crippen LogP contribution < -0.4 is 11.1 Å². The SMILES string of the molecule is NC1CCCC(C(=O)NCC2CCCO2)C1. The molecule has 0 spiro atoms. The van der Waals surface area contributed by atoms with E-state index in [1.165, 1.54) is 0 Å². The van der Waals surface area contributed by atoms with Gasteiger partial charge in [-0.3, -0.25) is 4.79 Å². The van der Waals surface area contributed by atoms with Gasteiger partial charge in [-0.25, -0.2) is 0 Å². The lowest BCUT2D eigenvalue weighted by Crippen LogP contribution is -2.40. The fraction of sp³-hybridized carbons (Fsp3) is 0.917. The molecule has 1 heterocycles. The summed E-state index contributed by atoms with van der Waals surface area (Å²) in [7, 11) is 0. The summed E-state index contributed by atoms with van der Waals surface area (Å²) >= 11 is 0. The number of nitrogens with two attached hydrogens (primary N) is 1. The van der Waals surface area contributed by atoms with Gasteiger partial charge in [-0.15, -0.1) is 0 Å². The molecule has 3 atom stereocenters. The molecule has 0 radical (unpaired) electrons. The molecule has 1 amide bonds. The lowest BCUT2D eigenvalue weighted by Gasteiger charge is -2.26. The fourth-order valence-electron chi connectivity index (χ4n) is 2.63. The van der Waals surface area contributed by atoms with E-state index in [4.69, 9.17) is 10.5 Å². The van der Waals surface area contributed by atoms with Gasteiger partial charge in [0.15, 0.2) is 0 Å². The van der Waals surface area contributed by atoms with E-state index >= 15 is 0 Å². The number of amides is 1. The average Bonchev–Trinajstić information content (AvgIpc) is 2.78. The van der Waals surface area contributed by atoms with Crippen molar-refractivity contribution in [2.45, 2.75) is 50.7 Å². The maximum Gasteiger partial charge on any atom is 0.223 e. The highest BCUT2D eigenvalue weighted by atomic mass is 16.5. The van der Waals surface area contributed by atoms with Crippen LogP contribution in [0.2, 0.25) is 0 Å². The van der Waals surface area contributed by atoms with E-state index in [0.717, 1.165) is 45.1 Å². The van der Waals surface area contributed by atoms with Crippen LogP contribution in [-0.4, -0.2) is 31.2 Å². The number of hydrogen-bond donors (Lipinski definition) is 2. The van der Waals surface area contributed by atoms with Gasteiger partial charge in [-0.2, -0.15) is 0 Å². The topological polar surface area (TPSA) is 64.4 Å². The van der Waals surface area contributed by atoms with E-state index in [9.17, 15) is 4.79 Å². The summed E-state index contributed by atoms with van der Waals surface area (Å²) in [6.07, 6.45) is 6.41. The molecule has 2 fully saturated rings. The second-order valence-electron chi connectivity index (χ2n) is 5.00. The van der Waals surface area contributed by atoms with Gasteiger partial charge < -0.3 is 15.8 Å². The smallest absolute Gasteiger partial charge is 0.223 e. The largest absolute Gasteiger partial charge is 0.376 e. The van der Waals surface area contributed by atoms with E-state index in [1.54, 1.807) is 0 Å². The van der Waals surface area contributed by atoms with Gasteiger partial charge >= 0.3 is 0 Å². The molecule has 92 valence electrons. The highest BCUT2D eigenvalue weighted by Gasteiger charge is 2.26. The van der Waals surface area contributed by atoms with Crippen LogP contribution in [0.3, 0.4) is 0 Å². The molecule has 1 saturated carbocycles. The minimum Gasteiger partial charge on any atom is -0.376 e. The highest BCUT2D eigenvalue weighted by Crippen LogP contribution is 2.23. The summed E-state index contributed by atoms with van der Waals surface area (Å²) in [5.41, 5.74) is 5.88. The molecular formula is C12H22N2O2. The zero-order chi connectivity index (χ0) is 11.4. The van der Waals surface area contributed by atoms with Crippen molar-refractivity contribution in [1.82, 2.24) is 5.32 Å². The van der Waals surface area contributed by atoms with Crippen LogP contribution in [0.1, 0.15) is 38.5 Å². The van der Waals surface area contributed by atoms with Gasteiger partial charge in [-0.1, -0.05) is 6.42 Å². The predicted octanol–water partition coefficient (Wildman–Crippen LogP) is 0.799. The van der Waals surface area contributed by atoms with Gasteiger partial charge in [0.25, 0.3) is 0 Å². The Bertz CT molecular complexity index is 239. The molecule has 0 aromatic rings. The molecule has 1 saturated heterocycles. The third-order valence-electron chi connectivity index (χ3n) is 3.61. The maximum atomic E-state index is 11.9. The Kier molecular flexibility index (Phi) is 4.18. The predicted molar refractivity (Wildman–Crippen MR) is 61.9 cm³/mol. The Labute approximate surface area is 96.9 Å². The molecule has 3 N–H and O–H groups in total. The minimum atomic E-state index is 0.130. The first-order chi connectivity index (χ1) is 7.75. The van der Waals surface area contributed by atoms with Crippen LogP contribution in [0.25, 0.3) is 0 Å². The Morgan fingerprint density at radius 1 is 1.31 bits per heavy atom. The van der Waals surface area contributed by atoms with Crippen molar-refractivity contribution in [3.63, 3.8) is 0 Å². The number of carbonyl (C=O) groups is 1. The van der Waals surface area contributed by atoms with Crippen molar-refractivity contribution < 1.29 is 9.53 Å². The third kappa shape index (κ3) is 3.19. The van der Waals surface area contributed by atoms with E-state index in [2.05, 4.69) is 5.32 Å². The fourth-order valence-corrected chi connectivity index (χ4v) is 2.63. The minimum absolute atomic E-state index is 0.130. The van der Waals surface area contributed by atoms with Crippen LogP contribution >= 0.6 is 0 Å². The highest BCUT2D eigenvalue weighted by molar-refractivity contribution is 5.78. The normalized spacial score (nSPS) is 34.9. The number of nitrogens with one attached hydrogen (secondary N) is 1. The van der Waals surface area contributed by atoms with Crippen molar-refractivity contribution in [2.24, 2.45) is 11.7 Å². The first kappa shape index (κ1) is 11.9. The zero-order valence-corrected chi connectivity index (χ0v) is 9.78. The first-order valence-corrected chi connectivity index (χ1v) is 6.40. The maximum absolute atomic E-state index is 11.9. The lowest BCUT2D eigenvalue weighted by molar-refractivity contribution is -0.126. The van der Waals surface area contributed by atoms with Crippen molar-refractivity contribution in [2.75, 3.05) is 13.2 Å². The molecule has 4 heteroatoms. The summed E-state index contributed by atoms with van der Waals surface area (Å²) in [5.74, 6) is 0.302.